The molecule has 0 aromatic heterocycles. The van der Waals surface area contributed by atoms with Gasteiger partial charge in [-0.1, -0.05) is 58.8 Å². The Hall–Kier alpha value is -1.06. The second-order valence-corrected chi connectivity index (χ2v) is 5.72. The predicted octanol–water partition coefficient (Wildman–Crippen LogP) is 4.70. The fourth-order valence-electron chi connectivity index (χ4n) is 2.31. The summed E-state index contributed by atoms with van der Waals surface area (Å²) in [5, 5.41) is 8.88. The van der Waals surface area contributed by atoms with Gasteiger partial charge in [0, 0.05) is 6.42 Å². The van der Waals surface area contributed by atoms with E-state index in [0.29, 0.717) is 12.8 Å². The molecule has 0 aliphatic heterocycles. The van der Waals surface area contributed by atoms with E-state index in [1.165, 1.54) is 12.8 Å². The Morgan fingerprint density at radius 1 is 0.905 bits per heavy atom. The summed E-state index contributed by atoms with van der Waals surface area (Å²) in [6.07, 6.45) is 10.2. The van der Waals surface area contributed by atoms with Crippen LogP contribution in [0.4, 0.5) is 0 Å². The molecule has 4 nitrogen and oxygen atoms in total. The normalized spacial score (nSPS) is 12.1. The summed E-state index contributed by atoms with van der Waals surface area (Å²) in [6, 6.07) is 0. The molecule has 21 heavy (non-hydrogen) atoms. The third-order valence-electron chi connectivity index (χ3n) is 3.56. The van der Waals surface area contributed by atoms with E-state index in [4.69, 9.17) is 9.84 Å². The maximum absolute atomic E-state index is 11.7. The molecule has 0 amide bonds. The van der Waals surface area contributed by atoms with Crippen molar-refractivity contribution in [2.75, 3.05) is 0 Å². The van der Waals surface area contributed by atoms with Gasteiger partial charge in [0.25, 0.3) is 0 Å². The van der Waals surface area contributed by atoms with E-state index in [-0.39, 0.29) is 12.4 Å². The Bertz CT molecular complexity index is 276. The van der Waals surface area contributed by atoms with Crippen LogP contribution in [0.5, 0.6) is 0 Å². The molecule has 0 aromatic rings. The van der Waals surface area contributed by atoms with Crippen LogP contribution in [0, 0.1) is 0 Å². The number of carbonyl (C=O) groups excluding carboxylic acids is 1. The topological polar surface area (TPSA) is 63.6 Å². The summed E-state index contributed by atoms with van der Waals surface area (Å²) in [5.74, 6) is -1.14. The lowest BCUT2D eigenvalue weighted by Gasteiger charge is -2.16. The van der Waals surface area contributed by atoms with Gasteiger partial charge in [-0.05, 0) is 19.3 Å². The minimum atomic E-state index is -0.897. The van der Waals surface area contributed by atoms with Crippen LogP contribution in [0.15, 0.2) is 0 Å². The van der Waals surface area contributed by atoms with Crippen molar-refractivity contribution in [1.29, 1.82) is 0 Å². The molecule has 0 spiro atoms. The average Bonchev–Trinajstić information content (AvgIpc) is 2.42. The number of carbonyl (C=O) groups is 2. The highest BCUT2D eigenvalue weighted by atomic mass is 16.5. The Kier molecular flexibility index (Phi) is 13.2. The molecular formula is C17H32O4. The van der Waals surface area contributed by atoms with Crippen LogP contribution in [-0.4, -0.2) is 23.1 Å². The minimum absolute atomic E-state index is 0.0757. The lowest BCUT2D eigenvalue weighted by Crippen LogP contribution is -2.21. The molecule has 0 aliphatic rings. The van der Waals surface area contributed by atoms with Crippen LogP contribution in [0.2, 0.25) is 0 Å². The van der Waals surface area contributed by atoms with Crippen LogP contribution in [0.25, 0.3) is 0 Å². The second-order valence-electron chi connectivity index (χ2n) is 5.72. The van der Waals surface area contributed by atoms with Gasteiger partial charge in [0.1, 0.15) is 6.10 Å². The average molecular weight is 300 g/mol. The molecule has 1 unspecified atom stereocenters. The first-order valence-electron chi connectivity index (χ1n) is 8.51. The zero-order valence-electron chi connectivity index (χ0n) is 13.7. The van der Waals surface area contributed by atoms with Crippen molar-refractivity contribution in [2.45, 2.75) is 97.0 Å². The fraction of sp³-hybridized carbons (Fsp3) is 0.882. The molecule has 124 valence electrons. The van der Waals surface area contributed by atoms with Crippen molar-refractivity contribution in [3.8, 4) is 0 Å². The number of rotatable bonds is 14. The predicted molar refractivity (Wildman–Crippen MR) is 84.3 cm³/mol. The van der Waals surface area contributed by atoms with Crippen LogP contribution in [0.3, 0.4) is 0 Å². The van der Waals surface area contributed by atoms with Crippen molar-refractivity contribution >= 4 is 11.9 Å². The number of esters is 1. The first-order valence-corrected chi connectivity index (χ1v) is 8.51. The molecule has 0 aliphatic carbocycles. The lowest BCUT2D eigenvalue weighted by molar-refractivity contribution is -0.153. The standard InChI is InChI=1S/C17H32O4/c1-3-5-7-9-11-13-17(20)21-15(14-16(18)19)12-10-8-6-4-2/h15H,3-14H2,1-2H3,(H,18,19). The summed E-state index contributed by atoms with van der Waals surface area (Å²) in [4.78, 5) is 22.6. The first kappa shape index (κ1) is 19.9. The lowest BCUT2D eigenvalue weighted by atomic mass is 10.1. The highest BCUT2D eigenvalue weighted by Crippen LogP contribution is 2.14. The third-order valence-corrected chi connectivity index (χ3v) is 3.56. The Balaban J connectivity index is 3.90. The third kappa shape index (κ3) is 13.7. The highest BCUT2D eigenvalue weighted by molar-refractivity contribution is 5.71. The molecule has 1 N–H and O–H groups in total. The number of carboxylic acid groups (broad SMARTS) is 1. The molecule has 0 rings (SSSR count). The van der Waals surface area contributed by atoms with Crippen molar-refractivity contribution in [1.82, 2.24) is 0 Å². The van der Waals surface area contributed by atoms with E-state index in [1.54, 1.807) is 0 Å². The van der Waals surface area contributed by atoms with Crippen molar-refractivity contribution in [3.63, 3.8) is 0 Å². The van der Waals surface area contributed by atoms with Gasteiger partial charge in [-0.15, -0.1) is 0 Å². The SMILES string of the molecule is CCCCCCCC(=O)OC(CCCCCC)CC(=O)O. The van der Waals surface area contributed by atoms with Gasteiger partial charge in [-0.25, -0.2) is 0 Å². The van der Waals surface area contributed by atoms with E-state index in [9.17, 15) is 9.59 Å². The van der Waals surface area contributed by atoms with Crippen molar-refractivity contribution < 1.29 is 19.4 Å². The van der Waals surface area contributed by atoms with Gasteiger partial charge in [-0.3, -0.25) is 9.59 Å². The zero-order valence-corrected chi connectivity index (χ0v) is 13.7. The molecule has 0 fully saturated rings. The van der Waals surface area contributed by atoms with E-state index in [1.807, 2.05) is 0 Å². The van der Waals surface area contributed by atoms with Gasteiger partial charge < -0.3 is 9.84 Å². The highest BCUT2D eigenvalue weighted by Gasteiger charge is 2.17. The van der Waals surface area contributed by atoms with Crippen LogP contribution in [-0.2, 0) is 14.3 Å². The molecule has 4 heteroatoms. The molecule has 0 radical (unpaired) electrons. The van der Waals surface area contributed by atoms with Gasteiger partial charge >= 0.3 is 11.9 Å². The summed E-state index contributed by atoms with van der Waals surface area (Å²) in [5.41, 5.74) is 0. The Labute approximate surface area is 129 Å². The van der Waals surface area contributed by atoms with Crippen LogP contribution >= 0.6 is 0 Å². The van der Waals surface area contributed by atoms with E-state index >= 15 is 0 Å². The first-order chi connectivity index (χ1) is 10.1. The largest absolute Gasteiger partial charge is 0.481 e. The molecule has 0 bridgehead atoms. The number of carboxylic acids is 1. The molecule has 0 heterocycles. The Morgan fingerprint density at radius 3 is 2.05 bits per heavy atom. The van der Waals surface area contributed by atoms with Gasteiger partial charge in [0.2, 0.25) is 0 Å². The molecule has 0 saturated carbocycles. The number of ether oxygens (including phenoxy) is 1. The summed E-state index contributed by atoms with van der Waals surface area (Å²) >= 11 is 0. The van der Waals surface area contributed by atoms with Gasteiger partial charge in [0.05, 0.1) is 6.42 Å². The summed E-state index contributed by atoms with van der Waals surface area (Å²) in [7, 11) is 0. The van der Waals surface area contributed by atoms with Crippen LogP contribution in [0.1, 0.15) is 90.9 Å². The molecule has 0 saturated heterocycles. The van der Waals surface area contributed by atoms with Crippen molar-refractivity contribution in [2.24, 2.45) is 0 Å². The number of hydrogen-bond acceptors (Lipinski definition) is 3. The van der Waals surface area contributed by atoms with E-state index in [2.05, 4.69) is 13.8 Å². The summed E-state index contributed by atoms with van der Waals surface area (Å²) in [6.45, 7) is 4.29. The number of unbranched alkanes of at least 4 members (excludes halogenated alkanes) is 7. The molecule has 0 aromatic carbocycles. The van der Waals surface area contributed by atoms with E-state index < -0.39 is 12.1 Å². The number of hydrogen-bond donors (Lipinski definition) is 1. The fourth-order valence-corrected chi connectivity index (χ4v) is 2.31. The summed E-state index contributed by atoms with van der Waals surface area (Å²) < 4.78 is 5.33. The van der Waals surface area contributed by atoms with Gasteiger partial charge in [-0.2, -0.15) is 0 Å². The number of aliphatic carboxylic acids is 1. The maximum Gasteiger partial charge on any atom is 0.307 e. The van der Waals surface area contributed by atoms with Gasteiger partial charge in [0.15, 0.2) is 0 Å². The molecular weight excluding hydrogens is 268 g/mol. The second kappa shape index (κ2) is 13.9. The maximum atomic E-state index is 11.7. The van der Waals surface area contributed by atoms with E-state index in [0.717, 1.165) is 44.9 Å². The quantitative estimate of drug-likeness (QED) is 0.373. The monoisotopic (exact) mass is 300 g/mol. The zero-order chi connectivity index (χ0) is 15.9. The minimum Gasteiger partial charge on any atom is -0.481 e. The molecule has 1 atom stereocenters. The van der Waals surface area contributed by atoms with Crippen LogP contribution < -0.4 is 0 Å². The van der Waals surface area contributed by atoms with Crippen molar-refractivity contribution in [3.05, 3.63) is 0 Å². The smallest absolute Gasteiger partial charge is 0.307 e. The Morgan fingerprint density at radius 2 is 1.48 bits per heavy atom.